The third kappa shape index (κ3) is 4.55. The standard InChI is InChI=1S/C14H16ClNO2S/c15-12-3-1-11(2-4-12)9-19-10-14(18)16-7-5-13(17)6-8-16/h1-4H,5-10H2. The van der Waals surface area contributed by atoms with Crippen LogP contribution in [-0.2, 0) is 15.3 Å². The molecule has 0 atom stereocenters. The van der Waals surface area contributed by atoms with E-state index in [0.29, 0.717) is 31.7 Å². The van der Waals surface area contributed by atoms with Crippen molar-refractivity contribution in [2.75, 3.05) is 18.8 Å². The van der Waals surface area contributed by atoms with Gasteiger partial charge in [0.15, 0.2) is 0 Å². The highest BCUT2D eigenvalue weighted by molar-refractivity contribution is 7.99. The Balaban J connectivity index is 1.72. The summed E-state index contributed by atoms with van der Waals surface area (Å²) in [6, 6.07) is 7.66. The van der Waals surface area contributed by atoms with Crippen LogP contribution in [-0.4, -0.2) is 35.4 Å². The molecule has 0 radical (unpaired) electrons. The van der Waals surface area contributed by atoms with Gasteiger partial charge in [-0.15, -0.1) is 11.8 Å². The highest BCUT2D eigenvalue weighted by Crippen LogP contribution is 2.16. The molecule has 0 saturated carbocycles. The maximum Gasteiger partial charge on any atom is 0.232 e. The molecule has 1 saturated heterocycles. The summed E-state index contributed by atoms with van der Waals surface area (Å²) in [7, 11) is 0. The Morgan fingerprint density at radius 3 is 2.47 bits per heavy atom. The number of nitrogens with zero attached hydrogens (tertiary/aromatic N) is 1. The number of hydrogen-bond acceptors (Lipinski definition) is 3. The van der Waals surface area contributed by atoms with E-state index >= 15 is 0 Å². The lowest BCUT2D eigenvalue weighted by Gasteiger charge is -2.25. The fraction of sp³-hybridized carbons (Fsp3) is 0.429. The smallest absolute Gasteiger partial charge is 0.232 e. The number of carbonyl (C=O) groups excluding carboxylic acids is 2. The predicted octanol–water partition coefficient (Wildman–Crippen LogP) is 2.76. The van der Waals surface area contributed by atoms with Crippen LogP contribution in [0.1, 0.15) is 18.4 Å². The Labute approximate surface area is 122 Å². The van der Waals surface area contributed by atoms with E-state index in [1.807, 2.05) is 24.3 Å². The Kier molecular flexibility index (Phi) is 5.28. The van der Waals surface area contributed by atoms with Gasteiger partial charge < -0.3 is 4.90 Å². The van der Waals surface area contributed by atoms with Gasteiger partial charge >= 0.3 is 0 Å². The number of likely N-dealkylation sites (tertiary alicyclic amines) is 1. The van der Waals surface area contributed by atoms with Crippen molar-refractivity contribution in [2.24, 2.45) is 0 Å². The highest BCUT2D eigenvalue weighted by atomic mass is 35.5. The number of amides is 1. The van der Waals surface area contributed by atoms with E-state index in [4.69, 9.17) is 11.6 Å². The molecule has 1 heterocycles. The van der Waals surface area contributed by atoms with Gasteiger partial charge in [-0.3, -0.25) is 9.59 Å². The molecule has 19 heavy (non-hydrogen) atoms. The number of ketones is 1. The number of hydrogen-bond donors (Lipinski definition) is 0. The van der Waals surface area contributed by atoms with E-state index in [2.05, 4.69) is 0 Å². The van der Waals surface area contributed by atoms with E-state index in [1.165, 1.54) is 0 Å². The Morgan fingerprint density at radius 2 is 1.84 bits per heavy atom. The molecule has 5 heteroatoms. The Bertz CT molecular complexity index is 451. The van der Waals surface area contributed by atoms with Gasteiger partial charge in [-0.05, 0) is 17.7 Å². The largest absolute Gasteiger partial charge is 0.341 e. The summed E-state index contributed by atoms with van der Waals surface area (Å²) in [6.45, 7) is 1.17. The van der Waals surface area contributed by atoms with Crippen LogP contribution in [0.4, 0.5) is 0 Å². The molecule has 0 bridgehead atoms. The number of halogens is 1. The van der Waals surface area contributed by atoms with Crippen LogP contribution in [0.2, 0.25) is 5.02 Å². The normalized spacial score (nSPS) is 15.6. The Hall–Kier alpha value is -1.00. The molecule has 1 fully saturated rings. The monoisotopic (exact) mass is 297 g/mol. The van der Waals surface area contributed by atoms with E-state index in [0.717, 1.165) is 16.3 Å². The van der Waals surface area contributed by atoms with E-state index < -0.39 is 0 Å². The first-order valence-corrected chi connectivity index (χ1v) is 7.80. The van der Waals surface area contributed by atoms with Gasteiger partial charge in [-0.1, -0.05) is 23.7 Å². The van der Waals surface area contributed by atoms with Crippen LogP contribution >= 0.6 is 23.4 Å². The third-order valence-corrected chi connectivity index (χ3v) is 4.32. The summed E-state index contributed by atoms with van der Waals surface area (Å²) in [6.07, 6.45) is 1.02. The second-order valence-corrected chi connectivity index (χ2v) is 5.96. The molecular formula is C14H16ClNO2S. The number of benzene rings is 1. The molecule has 0 aromatic heterocycles. The fourth-order valence-corrected chi connectivity index (χ4v) is 2.95. The fourth-order valence-electron chi connectivity index (χ4n) is 1.93. The van der Waals surface area contributed by atoms with Crippen molar-refractivity contribution in [3.8, 4) is 0 Å². The highest BCUT2D eigenvalue weighted by Gasteiger charge is 2.20. The summed E-state index contributed by atoms with van der Waals surface area (Å²) >= 11 is 7.41. The molecule has 3 nitrogen and oxygen atoms in total. The lowest BCUT2D eigenvalue weighted by molar-refractivity contribution is -0.132. The van der Waals surface area contributed by atoms with Crippen molar-refractivity contribution in [2.45, 2.75) is 18.6 Å². The summed E-state index contributed by atoms with van der Waals surface area (Å²) in [4.78, 5) is 24.8. The van der Waals surface area contributed by atoms with E-state index in [-0.39, 0.29) is 11.7 Å². The van der Waals surface area contributed by atoms with Crippen molar-refractivity contribution < 1.29 is 9.59 Å². The van der Waals surface area contributed by atoms with Crippen LogP contribution in [0, 0.1) is 0 Å². The molecule has 1 aliphatic rings. The number of rotatable bonds is 4. The summed E-state index contributed by atoms with van der Waals surface area (Å²) in [5, 5.41) is 0.725. The van der Waals surface area contributed by atoms with Crippen LogP contribution < -0.4 is 0 Å². The quantitative estimate of drug-likeness (QED) is 0.857. The second-order valence-electron chi connectivity index (χ2n) is 4.54. The van der Waals surface area contributed by atoms with E-state index in [1.54, 1.807) is 16.7 Å². The average Bonchev–Trinajstić information content (AvgIpc) is 2.41. The lowest BCUT2D eigenvalue weighted by atomic mass is 10.1. The minimum atomic E-state index is 0.131. The van der Waals surface area contributed by atoms with E-state index in [9.17, 15) is 9.59 Å². The maximum atomic E-state index is 11.9. The molecule has 1 aromatic carbocycles. The minimum absolute atomic E-state index is 0.131. The van der Waals surface area contributed by atoms with Gasteiger partial charge in [-0.25, -0.2) is 0 Å². The van der Waals surface area contributed by atoms with Gasteiger partial charge in [0.2, 0.25) is 5.91 Å². The first-order chi connectivity index (χ1) is 9.15. The van der Waals surface area contributed by atoms with Gasteiger partial charge in [0.05, 0.1) is 5.75 Å². The van der Waals surface area contributed by atoms with Crippen molar-refractivity contribution >= 4 is 35.1 Å². The number of piperidine rings is 1. The number of carbonyl (C=O) groups is 2. The third-order valence-electron chi connectivity index (χ3n) is 3.08. The molecule has 1 aromatic rings. The molecule has 0 N–H and O–H groups in total. The predicted molar refractivity (Wildman–Crippen MR) is 78.4 cm³/mol. The molecule has 2 rings (SSSR count). The molecule has 0 unspecified atom stereocenters. The van der Waals surface area contributed by atoms with Crippen molar-refractivity contribution in [1.82, 2.24) is 4.90 Å². The van der Waals surface area contributed by atoms with Crippen molar-refractivity contribution in [1.29, 1.82) is 0 Å². The zero-order valence-electron chi connectivity index (χ0n) is 10.6. The zero-order valence-corrected chi connectivity index (χ0v) is 12.2. The van der Waals surface area contributed by atoms with Gasteiger partial charge in [0.25, 0.3) is 0 Å². The summed E-state index contributed by atoms with van der Waals surface area (Å²) in [5.41, 5.74) is 1.16. The SMILES string of the molecule is O=C1CCN(C(=O)CSCc2ccc(Cl)cc2)CC1. The first kappa shape index (κ1) is 14.4. The van der Waals surface area contributed by atoms with Crippen molar-refractivity contribution in [3.05, 3.63) is 34.9 Å². The number of thioether (sulfide) groups is 1. The topological polar surface area (TPSA) is 37.4 Å². The Morgan fingerprint density at radius 1 is 1.21 bits per heavy atom. The van der Waals surface area contributed by atoms with Crippen molar-refractivity contribution in [3.63, 3.8) is 0 Å². The van der Waals surface area contributed by atoms with Crippen LogP contribution in [0.5, 0.6) is 0 Å². The maximum absolute atomic E-state index is 11.9. The molecule has 1 amide bonds. The zero-order chi connectivity index (χ0) is 13.7. The molecule has 1 aliphatic heterocycles. The van der Waals surface area contributed by atoms with Crippen LogP contribution in [0.3, 0.4) is 0 Å². The molecular weight excluding hydrogens is 282 g/mol. The van der Waals surface area contributed by atoms with Gasteiger partial charge in [0, 0.05) is 36.7 Å². The number of Topliss-reactive ketones (excluding diaryl/α,β-unsaturated/α-hetero) is 1. The van der Waals surface area contributed by atoms with Crippen LogP contribution in [0.15, 0.2) is 24.3 Å². The lowest BCUT2D eigenvalue weighted by Crippen LogP contribution is -2.39. The van der Waals surface area contributed by atoms with Gasteiger partial charge in [0.1, 0.15) is 5.78 Å². The first-order valence-electron chi connectivity index (χ1n) is 6.27. The molecule has 0 aliphatic carbocycles. The molecule has 0 spiro atoms. The summed E-state index contributed by atoms with van der Waals surface area (Å²) in [5.74, 6) is 1.66. The minimum Gasteiger partial charge on any atom is -0.341 e. The summed E-state index contributed by atoms with van der Waals surface area (Å²) < 4.78 is 0. The molecule has 102 valence electrons. The average molecular weight is 298 g/mol. The second kappa shape index (κ2) is 6.96. The van der Waals surface area contributed by atoms with Gasteiger partial charge in [-0.2, -0.15) is 0 Å². The van der Waals surface area contributed by atoms with Crippen LogP contribution in [0.25, 0.3) is 0 Å².